The summed E-state index contributed by atoms with van der Waals surface area (Å²) in [6, 6.07) is 1.23. The minimum atomic E-state index is -4.35. The molecule has 17 heavy (non-hydrogen) atoms. The number of anilines is 1. The van der Waals surface area contributed by atoms with Crippen molar-refractivity contribution in [2.75, 3.05) is 18.5 Å². The lowest BCUT2D eigenvalue weighted by Crippen LogP contribution is -2.22. The van der Waals surface area contributed by atoms with Gasteiger partial charge in [-0.05, 0) is 13.0 Å². The number of hydrogen-bond donors (Lipinski definition) is 1. The molecule has 0 spiro atoms. The van der Waals surface area contributed by atoms with E-state index in [9.17, 15) is 18.0 Å². The lowest BCUT2D eigenvalue weighted by atomic mass is 10.5. The quantitative estimate of drug-likeness (QED) is 0.821. The number of halogens is 3. The minimum absolute atomic E-state index is 0.0830. The average molecular weight is 249 g/mol. The van der Waals surface area contributed by atoms with E-state index in [-0.39, 0.29) is 18.2 Å². The summed E-state index contributed by atoms with van der Waals surface area (Å²) in [5, 5.41) is 2.04. The van der Waals surface area contributed by atoms with Gasteiger partial charge in [0, 0.05) is 6.20 Å². The van der Waals surface area contributed by atoms with Gasteiger partial charge in [0.2, 0.25) is 5.82 Å². The van der Waals surface area contributed by atoms with Gasteiger partial charge in [-0.15, -0.1) is 0 Å². The van der Waals surface area contributed by atoms with Gasteiger partial charge in [0.05, 0.1) is 6.61 Å². The van der Waals surface area contributed by atoms with Crippen LogP contribution in [0.15, 0.2) is 12.3 Å². The predicted molar refractivity (Wildman–Crippen MR) is 52.5 cm³/mol. The first kappa shape index (κ1) is 13.2. The highest BCUT2D eigenvalue weighted by Gasteiger charge is 2.26. The van der Waals surface area contributed by atoms with Crippen LogP contribution in [0.1, 0.15) is 17.5 Å². The number of esters is 1. The molecule has 8 heteroatoms. The summed E-state index contributed by atoms with van der Waals surface area (Å²) in [5.74, 6) is -1.14. The number of aromatic nitrogens is 2. The van der Waals surface area contributed by atoms with Crippen LogP contribution in [0.5, 0.6) is 0 Å². The Labute approximate surface area is 95.0 Å². The van der Waals surface area contributed by atoms with Crippen LogP contribution >= 0.6 is 0 Å². The van der Waals surface area contributed by atoms with E-state index in [1.807, 2.05) is 5.32 Å². The summed E-state index contributed by atoms with van der Waals surface area (Å²) in [4.78, 5) is 18.4. The minimum Gasteiger partial charge on any atom is -0.460 e. The second kappa shape index (κ2) is 5.46. The molecule has 94 valence electrons. The van der Waals surface area contributed by atoms with Crippen molar-refractivity contribution in [3.63, 3.8) is 0 Å². The summed E-state index contributed by atoms with van der Waals surface area (Å²) < 4.78 is 40.4. The van der Waals surface area contributed by atoms with Crippen molar-refractivity contribution >= 4 is 11.8 Å². The Balaban J connectivity index is 2.69. The SMILES string of the molecule is CCOC(=O)c1nccc(NCC(F)(F)F)n1. The van der Waals surface area contributed by atoms with Gasteiger partial charge in [0.15, 0.2) is 0 Å². The van der Waals surface area contributed by atoms with Crippen LogP contribution < -0.4 is 5.32 Å². The second-order valence-electron chi connectivity index (χ2n) is 2.95. The van der Waals surface area contributed by atoms with Crippen molar-refractivity contribution in [3.8, 4) is 0 Å². The summed E-state index contributed by atoms with van der Waals surface area (Å²) in [5.41, 5.74) is 0. The van der Waals surface area contributed by atoms with E-state index in [1.165, 1.54) is 12.3 Å². The highest BCUT2D eigenvalue weighted by molar-refractivity contribution is 5.85. The third-order valence-corrected chi connectivity index (χ3v) is 1.58. The number of nitrogens with one attached hydrogen (secondary N) is 1. The van der Waals surface area contributed by atoms with E-state index in [2.05, 4.69) is 14.7 Å². The van der Waals surface area contributed by atoms with Crippen molar-refractivity contribution in [2.24, 2.45) is 0 Å². The molecule has 0 aliphatic rings. The number of alkyl halides is 3. The van der Waals surface area contributed by atoms with Crippen LogP contribution in [0.4, 0.5) is 19.0 Å². The van der Waals surface area contributed by atoms with Crippen molar-refractivity contribution in [1.82, 2.24) is 9.97 Å². The molecule has 0 aromatic carbocycles. The molecule has 0 fully saturated rings. The third kappa shape index (κ3) is 4.66. The predicted octanol–water partition coefficient (Wildman–Crippen LogP) is 1.63. The topological polar surface area (TPSA) is 64.1 Å². The second-order valence-corrected chi connectivity index (χ2v) is 2.95. The van der Waals surface area contributed by atoms with E-state index in [0.29, 0.717) is 0 Å². The first-order valence-electron chi connectivity index (χ1n) is 4.73. The first-order valence-corrected chi connectivity index (χ1v) is 4.73. The standard InChI is InChI=1S/C9H10F3N3O2/c1-2-17-8(16)7-13-4-3-6(15-7)14-5-9(10,11)12/h3-4H,2,5H2,1H3,(H,13,14,15). The number of carbonyl (C=O) groups excluding carboxylic acids is 1. The average Bonchev–Trinajstić information content (AvgIpc) is 2.26. The van der Waals surface area contributed by atoms with Crippen molar-refractivity contribution in [1.29, 1.82) is 0 Å². The Hall–Kier alpha value is -1.86. The zero-order valence-corrected chi connectivity index (χ0v) is 8.91. The number of nitrogens with zero attached hydrogens (tertiary/aromatic N) is 2. The Morgan fingerprint density at radius 1 is 1.53 bits per heavy atom. The van der Waals surface area contributed by atoms with Gasteiger partial charge in [-0.2, -0.15) is 13.2 Å². The number of hydrogen-bond acceptors (Lipinski definition) is 5. The highest BCUT2D eigenvalue weighted by atomic mass is 19.4. The van der Waals surface area contributed by atoms with E-state index in [0.717, 1.165) is 0 Å². The van der Waals surface area contributed by atoms with Crippen LogP contribution in [-0.4, -0.2) is 35.3 Å². The van der Waals surface area contributed by atoms with E-state index >= 15 is 0 Å². The molecule has 0 unspecified atom stereocenters. The maximum atomic E-state index is 11.9. The Morgan fingerprint density at radius 3 is 2.82 bits per heavy atom. The smallest absolute Gasteiger partial charge is 0.405 e. The maximum absolute atomic E-state index is 11.9. The molecule has 1 rings (SSSR count). The van der Waals surface area contributed by atoms with Gasteiger partial charge in [-0.25, -0.2) is 14.8 Å². The van der Waals surface area contributed by atoms with Crippen LogP contribution in [-0.2, 0) is 4.74 Å². The Bertz CT molecular complexity index is 395. The summed E-state index contributed by atoms with van der Waals surface area (Å²) in [6.07, 6.45) is -3.17. The molecule has 1 aromatic heterocycles. The molecule has 0 amide bonds. The summed E-state index contributed by atoms with van der Waals surface area (Å²) in [7, 11) is 0. The fraction of sp³-hybridized carbons (Fsp3) is 0.444. The van der Waals surface area contributed by atoms with Crippen LogP contribution in [0.25, 0.3) is 0 Å². The molecule has 1 N–H and O–H groups in total. The number of rotatable bonds is 4. The summed E-state index contributed by atoms with van der Waals surface area (Å²) >= 11 is 0. The molecular weight excluding hydrogens is 239 g/mol. The maximum Gasteiger partial charge on any atom is 0.405 e. The van der Waals surface area contributed by atoms with Gasteiger partial charge in [0.25, 0.3) is 0 Å². The molecule has 0 saturated heterocycles. The lowest BCUT2D eigenvalue weighted by molar-refractivity contribution is -0.115. The lowest BCUT2D eigenvalue weighted by Gasteiger charge is -2.08. The molecule has 1 aromatic rings. The molecular formula is C9H10F3N3O2. The molecule has 0 aliphatic heterocycles. The first-order chi connectivity index (χ1) is 7.92. The molecule has 0 bridgehead atoms. The van der Waals surface area contributed by atoms with Crippen LogP contribution in [0.3, 0.4) is 0 Å². The molecule has 0 atom stereocenters. The highest BCUT2D eigenvalue weighted by Crippen LogP contribution is 2.15. The van der Waals surface area contributed by atoms with Crippen LogP contribution in [0.2, 0.25) is 0 Å². The zero-order chi connectivity index (χ0) is 12.9. The Morgan fingerprint density at radius 2 is 2.24 bits per heavy atom. The van der Waals surface area contributed by atoms with Crippen molar-refractivity contribution < 1.29 is 22.7 Å². The molecule has 0 radical (unpaired) electrons. The number of ether oxygens (including phenoxy) is 1. The monoisotopic (exact) mass is 249 g/mol. The van der Waals surface area contributed by atoms with Gasteiger partial charge >= 0.3 is 12.1 Å². The molecule has 1 heterocycles. The van der Waals surface area contributed by atoms with Gasteiger partial charge in [-0.1, -0.05) is 0 Å². The van der Waals surface area contributed by atoms with Gasteiger partial charge < -0.3 is 10.1 Å². The van der Waals surface area contributed by atoms with E-state index in [1.54, 1.807) is 6.92 Å². The van der Waals surface area contributed by atoms with Crippen molar-refractivity contribution in [3.05, 3.63) is 18.1 Å². The third-order valence-electron chi connectivity index (χ3n) is 1.58. The largest absolute Gasteiger partial charge is 0.460 e. The number of carbonyl (C=O) groups is 1. The van der Waals surface area contributed by atoms with Crippen molar-refractivity contribution in [2.45, 2.75) is 13.1 Å². The zero-order valence-electron chi connectivity index (χ0n) is 8.91. The summed E-state index contributed by atoms with van der Waals surface area (Å²) in [6.45, 7) is 0.512. The van der Waals surface area contributed by atoms with Crippen LogP contribution in [0, 0.1) is 0 Å². The van der Waals surface area contributed by atoms with E-state index < -0.39 is 18.7 Å². The molecule has 0 aliphatic carbocycles. The van der Waals surface area contributed by atoms with E-state index in [4.69, 9.17) is 0 Å². The molecule has 5 nitrogen and oxygen atoms in total. The van der Waals surface area contributed by atoms with Gasteiger partial charge in [-0.3, -0.25) is 0 Å². The Kier molecular flexibility index (Phi) is 4.24. The fourth-order valence-corrected chi connectivity index (χ4v) is 0.942. The van der Waals surface area contributed by atoms with Gasteiger partial charge in [0.1, 0.15) is 12.4 Å². The molecule has 0 saturated carbocycles. The normalized spacial score (nSPS) is 11.1. The fourth-order valence-electron chi connectivity index (χ4n) is 0.942.